The topological polar surface area (TPSA) is 47.3 Å². The monoisotopic (exact) mass is 240 g/mol. The normalized spacial score (nSPS) is 19.3. The third-order valence-corrected chi connectivity index (χ3v) is 3.37. The molecule has 0 saturated heterocycles. The average molecular weight is 240 g/mol. The summed E-state index contributed by atoms with van der Waals surface area (Å²) in [6.07, 6.45) is 12.2. The van der Waals surface area contributed by atoms with Gasteiger partial charge in [0, 0.05) is 19.3 Å². The number of allylic oxidation sites excluding steroid dienone is 1. The van der Waals surface area contributed by atoms with Gasteiger partial charge in [0.2, 0.25) is 0 Å². The van der Waals surface area contributed by atoms with E-state index in [1.165, 1.54) is 44.1 Å². The molecule has 100 valence electrons. The zero-order chi connectivity index (χ0) is 12.3. The van der Waals surface area contributed by atoms with E-state index in [-0.39, 0.29) is 0 Å². The fraction of sp³-hybridized carbons (Fsp3) is 0.857. The lowest BCUT2D eigenvalue weighted by Crippen LogP contribution is -2.37. The molecule has 17 heavy (non-hydrogen) atoms. The van der Waals surface area contributed by atoms with Crippen LogP contribution in [-0.4, -0.2) is 19.3 Å². The first-order valence-corrected chi connectivity index (χ1v) is 7.11. The molecule has 0 radical (unpaired) electrons. The summed E-state index contributed by atoms with van der Waals surface area (Å²) in [5, 5.41) is 0. The van der Waals surface area contributed by atoms with Gasteiger partial charge in [-0.15, -0.1) is 0 Å². The SMILES string of the molecule is CCCOCCC(NN)C1=CCCCCCC1. The molecular weight excluding hydrogens is 212 g/mol. The van der Waals surface area contributed by atoms with Gasteiger partial charge in [-0.2, -0.15) is 0 Å². The van der Waals surface area contributed by atoms with Crippen LogP contribution in [-0.2, 0) is 4.74 Å². The first kappa shape index (κ1) is 14.7. The molecule has 0 saturated carbocycles. The van der Waals surface area contributed by atoms with Crippen LogP contribution in [0.15, 0.2) is 11.6 Å². The maximum absolute atomic E-state index is 5.66. The van der Waals surface area contributed by atoms with Crippen molar-refractivity contribution in [1.82, 2.24) is 5.43 Å². The highest BCUT2D eigenvalue weighted by Crippen LogP contribution is 2.20. The fourth-order valence-electron chi connectivity index (χ4n) is 2.36. The van der Waals surface area contributed by atoms with Gasteiger partial charge in [-0.3, -0.25) is 11.3 Å². The summed E-state index contributed by atoms with van der Waals surface area (Å²) in [7, 11) is 0. The van der Waals surface area contributed by atoms with Gasteiger partial charge in [0.1, 0.15) is 0 Å². The Hall–Kier alpha value is -0.380. The first-order chi connectivity index (χ1) is 8.38. The molecule has 0 amide bonds. The van der Waals surface area contributed by atoms with E-state index in [0.717, 1.165) is 26.1 Å². The summed E-state index contributed by atoms with van der Waals surface area (Å²) < 4.78 is 5.54. The molecule has 0 aromatic carbocycles. The van der Waals surface area contributed by atoms with Crippen LogP contribution < -0.4 is 11.3 Å². The minimum atomic E-state index is 0.310. The fourth-order valence-corrected chi connectivity index (χ4v) is 2.36. The maximum Gasteiger partial charge on any atom is 0.0484 e. The molecule has 3 nitrogen and oxygen atoms in total. The van der Waals surface area contributed by atoms with Crippen molar-refractivity contribution in [2.24, 2.45) is 5.84 Å². The van der Waals surface area contributed by atoms with E-state index in [9.17, 15) is 0 Å². The van der Waals surface area contributed by atoms with E-state index >= 15 is 0 Å². The Morgan fingerprint density at radius 2 is 2.12 bits per heavy atom. The lowest BCUT2D eigenvalue weighted by molar-refractivity contribution is 0.127. The Bertz CT molecular complexity index is 216. The standard InChI is InChI=1S/C14H28N2O/c1-2-11-17-12-10-14(16-15)13-8-6-4-3-5-7-9-13/h8,14,16H,2-7,9-12,15H2,1H3. The number of hydrogen-bond acceptors (Lipinski definition) is 3. The summed E-state index contributed by atoms with van der Waals surface area (Å²) in [6, 6.07) is 0.310. The average Bonchev–Trinajstić information content (AvgIpc) is 2.30. The summed E-state index contributed by atoms with van der Waals surface area (Å²) in [4.78, 5) is 0. The Morgan fingerprint density at radius 1 is 1.29 bits per heavy atom. The smallest absolute Gasteiger partial charge is 0.0484 e. The summed E-state index contributed by atoms with van der Waals surface area (Å²) in [5.74, 6) is 5.66. The number of nitrogens with two attached hydrogens (primary N) is 1. The van der Waals surface area contributed by atoms with Crippen LogP contribution in [0.2, 0.25) is 0 Å². The van der Waals surface area contributed by atoms with Crippen molar-refractivity contribution in [3.05, 3.63) is 11.6 Å². The second kappa shape index (κ2) is 9.63. The zero-order valence-electron chi connectivity index (χ0n) is 11.2. The molecule has 1 unspecified atom stereocenters. The van der Waals surface area contributed by atoms with Crippen molar-refractivity contribution < 1.29 is 4.74 Å². The predicted molar refractivity (Wildman–Crippen MR) is 72.6 cm³/mol. The van der Waals surface area contributed by atoms with Crippen LogP contribution in [0.5, 0.6) is 0 Å². The largest absolute Gasteiger partial charge is 0.381 e. The van der Waals surface area contributed by atoms with Gasteiger partial charge in [0.15, 0.2) is 0 Å². The minimum Gasteiger partial charge on any atom is -0.381 e. The lowest BCUT2D eigenvalue weighted by atomic mass is 9.94. The molecule has 3 N–H and O–H groups in total. The van der Waals surface area contributed by atoms with Crippen molar-refractivity contribution in [3.63, 3.8) is 0 Å². The Kier molecular flexibility index (Phi) is 8.32. The molecule has 0 bridgehead atoms. The van der Waals surface area contributed by atoms with Crippen LogP contribution in [0.3, 0.4) is 0 Å². The Labute approximate surface area is 106 Å². The van der Waals surface area contributed by atoms with Gasteiger partial charge >= 0.3 is 0 Å². The van der Waals surface area contributed by atoms with Crippen LogP contribution in [0.4, 0.5) is 0 Å². The quantitative estimate of drug-likeness (QED) is 0.311. The highest BCUT2D eigenvalue weighted by atomic mass is 16.5. The Morgan fingerprint density at radius 3 is 2.88 bits per heavy atom. The number of nitrogens with one attached hydrogen (secondary N) is 1. The van der Waals surface area contributed by atoms with Gasteiger partial charge in [-0.1, -0.05) is 31.4 Å². The summed E-state index contributed by atoms with van der Waals surface area (Å²) in [6.45, 7) is 3.80. The van der Waals surface area contributed by atoms with E-state index in [0.29, 0.717) is 6.04 Å². The molecule has 1 aliphatic rings. The Balaban J connectivity index is 2.35. The van der Waals surface area contributed by atoms with Crippen molar-refractivity contribution in [2.45, 2.75) is 64.3 Å². The van der Waals surface area contributed by atoms with Crippen LogP contribution in [0.25, 0.3) is 0 Å². The second-order valence-electron chi connectivity index (χ2n) is 4.85. The van der Waals surface area contributed by atoms with Crippen molar-refractivity contribution >= 4 is 0 Å². The van der Waals surface area contributed by atoms with Gasteiger partial charge in [-0.25, -0.2) is 0 Å². The molecular formula is C14H28N2O. The third-order valence-electron chi connectivity index (χ3n) is 3.37. The predicted octanol–water partition coefficient (Wildman–Crippen LogP) is 2.92. The molecule has 0 spiro atoms. The highest BCUT2D eigenvalue weighted by molar-refractivity contribution is 5.11. The molecule has 0 aromatic heterocycles. The van der Waals surface area contributed by atoms with E-state index in [4.69, 9.17) is 10.6 Å². The molecule has 0 aromatic rings. The molecule has 1 aliphatic carbocycles. The lowest BCUT2D eigenvalue weighted by Gasteiger charge is -2.21. The summed E-state index contributed by atoms with van der Waals surface area (Å²) >= 11 is 0. The molecule has 0 aliphatic heterocycles. The maximum atomic E-state index is 5.66. The van der Waals surface area contributed by atoms with Gasteiger partial charge in [0.05, 0.1) is 0 Å². The second-order valence-corrected chi connectivity index (χ2v) is 4.85. The van der Waals surface area contributed by atoms with Crippen LogP contribution >= 0.6 is 0 Å². The molecule has 0 fully saturated rings. The van der Waals surface area contributed by atoms with E-state index in [1.807, 2.05) is 0 Å². The van der Waals surface area contributed by atoms with Gasteiger partial charge in [0.25, 0.3) is 0 Å². The van der Waals surface area contributed by atoms with Gasteiger partial charge < -0.3 is 4.74 Å². The molecule has 1 rings (SSSR count). The number of rotatable bonds is 7. The molecule has 1 atom stereocenters. The van der Waals surface area contributed by atoms with Crippen molar-refractivity contribution in [3.8, 4) is 0 Å². The van der Waals surface area contributed by atoms with Crippen LogP contribution in [0, 0.1) is 0 Å². The van der Waals surface area contributed by atoms with E-state index < -0.39 is 0 Å². The van der Waals surface area contributed by atoms with E-state index in [1.54, 1.807) is 0 Å². The molecule has 3 heteroatoms. The third kappa shape index (κ3) is 6.20. The minimum absolute atomic E-state index is 0.310. The highest BCUT2D eigenvalue weighted by Gasteiger charge is 2.13. The number of hydrazine groups is 1. The van der Waals surface area contributed by atoms with Crippen LogP contribution in [0.1, 0.15) is 58.3 Å². The van der Waals surface area contributed by atoms with Crippen molar-refractivity contribution in [2.75, 3.05) is 13.2 Å². The summed E-state index contributed by atoms with van der Waals surface area (Å²) in [5.41, 5.74) is 4.44. The van der Waals surface area contributed by atoms with Gasteiger partial charge in [-0.05, 0) is 38.5 Å². The number of hydrogen-bond donors (Lipinski definition) is 2. The first-order valence-electron chi connectivity index (χ1n) is 7.11. The van der Waals surface area contributed by atoms with Crippen molar-refractivity contribution in [1.29, 1.82) is 0 Å². The zero-order valence-corrected chi connectivity index (χ0v) is 11.2. The van der Waals surface area contributed by atoms with E-state index in [2.05, 4.69) is 18.4 Å². The number of ether oxygens (including phenoxy) is 1. The molecule has 0 heterocycles.